The summed E-state index contributed by atoms with van der Waals surface area (Å²) in [6.07, 6.45) is 5.79. The molecule has 0 fully saturated rings. The van der Waals surface area contributed by atoms with Gasteiger partial charge in [0.2, 0.25) is 6.41 Å². The van der Waals surface area contributed by atoms with Crippen LogP contribution in [0.5, 0.6) is 0 Å². The topological polar surface area (TPSA) is 76.0 Å². The third kappa shape index (κ3) is 5.39. The van der Waals surface area contributed by atoms with Gasteiger partial charge in [0.05, 0.1) is 8.23 Å². The van der Waals surface area contributed by atoms with Crippen molar-refractivity contribution < 1.29 is 13.8 Å². The minimum Gasteiger partial charge on any atom is -0.358 e. The number of carbonyl (C=O) groups is 2. The molecule has 0 aliphatic rings. The highest BCUT2D eigenvalue weighted by Gasteiger charge is 2.10. The van der Waals surface area contributed by atoms with Gasteiger partial charge in [-0.3, -0.25) is 9.59 Å². The number of amides is 2. The maximum Gasteiger partial charge on any atom is 0.251 e. The quantitative estimate of drug-likeness (QED) is 0.303. The monoisotopic (exact) mass is 414 g/mol. The van der Waals surface area contributed by atoms with E-state index in [1.165, 1.54) is 0 Å². The molecule has 2 amide bonds. The zero-order valence-corrected chi connectivity index (χ0v) is 17.2. The Morgan fingerprint density at radius 2 is 2.03 bits per heavy atom. The number of aromatic nitrogens is 2. The van der Waals surface area contributed by atoms with E-state index in [1.807, 2.05) is 42.0 Å². The van der Waals surface area contributed by atoms with E-state index in [0.717, 1.165) is 22.3 Å². The third-order valence-corrected chi connectivity index (χ3v) is 5.97. The molecule has 152 valence electrons. The molecule has 29 heavy (non-hydrogen) atoms. The molecule has 6 nitrogen and oxygen atoms in total. The number of hydrogen-bond donors (Lipinski definition) is 2. The Kier molecular flexibility index (Phi) is 7.30. The van der Waals surface area contributed by atoms with Crippen molar-refractivity contribution >= 4 is 31.6 Å². The van der Waals surface area contributed by atoms with E-state index in [4.69, 9.17) is 0 Å². The van der Waals surface area contributed by atoms with Gasteiger partial charge < -0.3 is 15.2 Å². The van der Waals surface area contributed by atoms with E-state index in [9.17, 15) is 13.8 Å². The number of rotatable bonds is 10. The Morgan fingerprint density at radius 3 is 2.76 bits per heavy atom. The SMILES string of the molecule is CCNC(=O)c1ccc(-n2ccc3cc(CCP(F)CCNC=O)cnc32)cc1. The summed E-state index contributed by atoms with van der Waals surface area (Å²) in [6, 6.07) is 11.4. The summed E-state index contributed by atoms with van der Waals surface area (Å²) in [5.41, 5.74) is 3.35. The van der Waals surface area contributed by atoms with Gasteiger partial charge in [-0.1, -0.05) is 0 Å². The minimum absolute atomic E-state index is 0.0889. The zero-order chi connectivity index (χ0) is 20.6. The Bertz CT molecular complexity index is 974. The summed E-state index contributed by atoms with van der Waals surface area (Å²) in [5.74, 6) is -0.0889. The van der Waals surface area contributed by atoms with Gasteiger partial charge in [0.15, 0.2) is 0 Å². The van der Waals surface area contributed by atoms with Gasteiger partial charge in [0, 0.05) is 54.4 Å². The molecule has 3 rings (SSSR count). The highest BCUT2D eigenvalue weighted by Crippen LogP contribution is 2.36. The first kappa shape index (κ1) is 20.9. The van der Waals surface area contributed by atoms with E-state index in [1.54, 1.807) is 18.3 Å². The molecule has 1 unspecified atom stereocenters. The van der Waals surface area contributed by atoms with E-state index >= 15 is 0 Å². The molecule has 3 aromatic rings. The highest BCUT2D eigenvalue weighted by atomic mass is 31.2. The van der Waals surface area contributed by atoms with E-state index < -0.39 is 8.23 Å². The van der Waals surface area contributed by atoms with Crippen molar-refractivity contribution in [1.29, 1.82) is 0 Å². The molecule has 2 aromatic heterocycles. The molecule has 1 aromatic carbocycles. The first-order valence-corrected chi connectivity index (χ1v) is 11.1. The van der Waals surface area contributed by atoms with Gasteiger partial charge in [0.25, 0.3) is 5.91 Å². The molecule has 2 N–H and O–H groups in total. The number of halogens is 1. The van der Waals surface area contributed by atoms with Crippen LogP contribution < -0.4 is 10.6 Å². The van der Waals surface area contributed by atoms with Crippen LogP contribution in [0.15, 0.2) is 48.8 Å². The average Bonchev–Trinajstić information content (AvgIpc) is 3.16. The Labute approximate surface area is 170 Å². The first-order chi connectivity index (χ1) is 14.1. The number of carbonyl (C=O) groups excluding carboxylic acids is 2. The van der Waals surface area contributed by atoms with Crippen molar-refractivity contribution in [3.8, 4) is 5.69 Å². The van der Waals surface area contributed by atoms with E-state index in [2.05, 4.69) is 15.6 Å². The van der Waals surface area contributed by atoms with E-state index in [0.29, 0.717) is 43.8 Å². The van der Waals surface area contributed by atoms with Crippen LogP contribution in [0.2, 0.25) is 0 Å². The third-order valence-electron chi connectivity index (χ3n) is 4.55. The molecule has 0 saturated carbocycles. The predicted octanol–water partition coefficient (Wildman–Crippen LogP) is 3.43. The normalized spacial score (nSPS) is 11.9. The number of fused-ring (bicyclic) bond motifs is 1. The van der Waals surface area contributed by atoms with Crippen molar-refractivity contribution in [2.75, 3.05) is 25.4 Å². The maximum atomic E-state index is 13.9. The molecule has 0 bridgehead atoms. The smallest absolute Gasteiger partial charge is 0.251 e. The molecule has 0 radical (unpaired) electrons. The second kappa shape index (κ2) is 10.1. The van der Waals surface area contributed by atoms with Crippen LogP contribution in [0.25, 0.3) is 16.7 Å². The summed E-state index contributed by atoms with van der Waals surface area (Å²) in [7, 11) is -1.59. The van der Waals surface area contributed by atoms with Crippen LogP contribution in [-0.4, -0.2) is 47.3 Å². The fraction of sp³-hybridized carbons (Fsp3) is 0.286. The summed E-state index contributed by atoms with van der Waals surface area (Å²) in [6.45, 7) is 2.86. The molecule has 8 heteroatoms. The number of hydrogen-bond acceptors (Lipinski definition) is 3. The van der Waals surface area contributed by atoms with Crippen LogP contribution in [-0.2, 0) is 11.2 Å². The predicted molar refractivity (Wildman–Crippen MR) is 115 cm³/mol. The molecule has 0 aliphatic carbocycles. The lowest BCUT2D eigenvalue weighted by molar-refractivity contribution is -0.109. The largest absolute Gasteiger partial charge is 0.358 e. The number of pyridine rings is 1. The number of benzene rings is 1. The van der Waals surface area contributed by atoms with Crippen molar-refractivity contribution in [2.45, 2.75) is 13.3 Å². The highest BCUT2D eigenvalue weighted by molar-refractivity contribution is 7.52. The van der Waals surface area contributed by atoms with Crippen LogP contribution in [0.1, 0.15) is 22.8 Å². The second-order valence-electron chi connectivity index (χ2n) is 6.58. The fourth-order valence-electron chi connectivity index (χ4n) is 3.06. The van der Waals surface area contributed by atoms with Crippen molar-refractivity contribution in [1.82, 2.24) is 20.2 Å². The molecule has 1 atom stereocenters. The van der Waals surface area contributed by atoms with Crippen LogP contribution in [0, 0.1) is 0 Å². The van der Waals surface area contributed by atoms with Gasteiger partial charge >= 0.3 is 0 Å². The molecule has 0 saturated heterocycles. The van der Waals surface area contributed by atoms with Gasteiger partial charge in [-0.15, -0.1) is 0 Å². The van der Waals surface area contributed by atoms with Crippen LogP contribution in [0.3, 0.4) is 0 Å². The summed E-state index contributed by atoms with van der Waals surface area (Å²) >= 11 is 0. The Balaban J connectivity index is 1.69. The standard InChI is InChI=1S/C21H24FN4O2P/c1-2-24-21(28)17-3-5-19(6-4-17)26-10-7-18-13-16(14-25-20(18)26)8-11-29(22)12-9-23-15-27/h3-7,10,13-15H,2,8-9,11-12H2,1H3,(H,23,27)(H,24,28). The maximum absolute atomic E-state index is 13.9. The van der Waals surface area contributed by atoms with Crippen molar-refractivity contribution in [3.05, 3.63) is 59.9 Å². The van der Waals surface area contributed by atoms with Crippen LogP contribution in [0.4, 0.5) is 4.20 Å². The Morgan fingerprint density at radius 1 is 1.24 bits per heavy atom. The molecule has 0 spiro atoms. The average molecular weight is 414 g/mol. The van der Waals surface area contributed by atoms with Gasteiger partial charge in [-0.25, -0.2) is 9.18 Å². The van der Waals surface area contributed by atoms with Gasteiger partial charge in [-0.2, -0.15) is 0 Å². The van der Waals surface area contributed by atoms with Crippen molar-refractivity contribution in [3.63, 3.8) is 0 Å². The Hall–Kier alpha value is -2.79. The lowest BCUT2D eigenvalue weighted by Gasteiger charge is -2.09. The molecule has 2 heterocycles. The summed E-state index contributed by atoms with van der Waals surface area (Å²) in [5, 5.41) is 6.26. The van der Waals surface area contributed by atoms with Gasteiger partial charge in [-0.05, 0) is 55.3 Å². The van der Waals surface area contributed by atoms with E-state index in [-0.39, 0.29) is 5.91 Å². The summed E-state index contributed by atoms with van der Waals surface area (Å²) < 4.78 is 15.9. The second-order valence-corrected chi connectivity index (χ2v) is 8.40. The lowest BCUT2D eigenvalue weighted by atomic mass is 10.2. The first-order valence-electron chi connectivity index (χ1n) is 9.54. The van der Waals surface area contributed by atoms with Gasteiger partial charge in [0.1, 0.15) is 5.65 Å². The van der Waals surface area contributed by atoms with Crippen molar-refractivity contribution in [2.24, 2.45) is 0 Å². The van der Waals surface area contributed by atoms with Crippen LogP contribution >= 0.6 is 8.23 Å². The number of aryl methyl sites for hydroxylation is 1. The molecular formula is C21H24FN4O2P. The minimum atomic E-state index is -1.59. The molecular weight excluding hydrogens is 390 g/mol. The molecule has 0 aliphatic heterocycles. The zero-order valence-electron chi connectivity index (χ0n) is 16.3. The number of nitrogens with one attached hydrogen (secondary N) is 2. The lowest BCUT2D eigenvalue weighted by Crippen LogP contribution is -2.22. The summed E-state index contributed by atoms with van der Waals surface area (Å²) in [4.78, 5) is 26.7. The fourth-order valence-corrected chi connectivity index (χ4v) is 4.15. The number of nitrogens with zero attached hydrogens (tertiary/aromatic N) is 2.